The lowest BCUT2D eigenvalue weighted by Gasteiger charge is -2.11. The topological polar surface area (TPSA) is 124 Å². The van der Waals surface area contributed by atoms with Crippen LogP contribution in [0.25, 0.3) is 0 Å². The molecule has 0 heterocycles. The summed E-state index contributed by atoms with van der Waals surface area (Å²) in [6.07, 6.45) is 1.09. The smallest absolute Gasteiger partial charge is 0.229 e. The zero-order valence-corrected chi connectivity index (χ0v) is 19.5. The largest absolute Gasteiger partial charge is 0.493 e. The molecule has 0 bridgehead atoms. The predicted molar refractivity (Wildman–Crippen MR) is 125 cm³/mol. The van der Waals surface area contributed by atoms with Gasteiger partial charge in [-0.05, 0) is 36.4 Å². The Morgan fingerprint density at radius 3 is 2.24 bits per heavy atom. The van der Waals surface area contributed by atoms with Gasteiger partial charge in [0.05, 0.1) is 27.0 Å². The maximum Gasteiger partial charge on any atom is 0.229 e. The average Bonchev–Trinajstić information content (AvgIpc) is 2.65. The van der Waals surface area contributed by atoms with E-state index in [0.29, 0.717) is 41.8 Å². The molecule has 0 fully saturated rings. The lowest BCUT2D eigenvalue weighted by Crippen LogP contribution is -2.23. The van der Waals surface area contributed by atoms with Crippen molar-refractivity contribution in [2.75, 3.05) is 43.7 Å². The summed E-state index contributed by atoms with van der Waals surface area (Å²) in [4.78, 5) is 4.19. The van der Waals surface area contributed by atoms with Gasteiger partial charge in [-0.2, -0.15) is 0 Å². The molecule has 0 aliphatic carbocycles. The molecule has 0 aromatic heterocycles. The van der Waals surface area contributed by atoms with Crippen LogP contribution in [0.2, 0.25) is 0 Å². The van der Waals surface area contributed by atoms with E-state index in [1.807, 2.05) is 0 Å². The van der Waals surface area contributed by atoms with Crippen molar-refractivity contribution in [3.63, 3.8) is 0 Å². The van der Waals surface area contributed by atoms with Gasteiger partial charge < -0.3 is 25.3 Å². The molecule has 4 N–H and O–H groups in total. The molecule has 0 spiro atoms. The number of benzene rings is 2. The van der Waals surface area contributed by atoms with Crippen molar-refractivity contribution in [2.45, 2.75) is 0 Å². The normalized spacial score (nSPS) is 11.2. The van der Waals surface area contributed by atoms with E-state index in [0.717, 1.165) is 6.26 Å². The molecule has 11 heteroatoms. The molecule has 9 nitrogen and oxygen atoms in total. The van der Waals surface area contributed by atoms with Crippen LogP contribution >= 0.6 is 24.0 Å². The van der Waals surface area contributed by atoms with Crippen molar-refractivity contribution in [1.82, 2.24) is 0 Å². The van der Waals surface area contributed by atoms with Crippen molar-refractivity contribution in [2.24, 2.45) is 10.7 Å². The number of aliphatic imine (C=N–C) groups is 1. The molecule has 2 aromatic rings. The molecule has 0 saturated carbocycles. The van der Waals surface area contributed by atoms with Crippen LogP contribution in [0.15, 0.2) is 47.5 Å². The van der Waals surface area contributed by atoms with Gasteiger partial charge in [0.2, 0.25) is 10.0 Å². The molecular formula is C18H25IN4O5S. The second-order valence-electron chi connectivity index (χ2n) is 5.71. The predicted octanol–water partition coefficient (Wildman–Crippen LogP) is 2.50. The first-order valence-corrected chi connectivity index (χ1v) is 10.2. The van der Waals surface area contributed by atoms with Crippen molar-refractivity contribution in [3.05, 3.63) is 42.5 Å². The number of hydrogen-bond acceptors (Lipinski definition) is 6. The van der Waals surface area contributed by atoms with Crippen LogP contribution in [-0.2, 0) is 10.0 Å². The number of sulfonamides is 1. The number of methoxy groups -OCH3 is 2. The second kappa shape index (κ2) is 11.6. The standard InChI is InChI=1S/C18H24N4O5S.HI/c1-25-16-9-6-14(12-17(16)26-2)21-18(19)20-10-11-27-15-7-4-13(5-8-15)22-28(3,23)24;/h4-9,12,22H,10-11H2,1-3H3,(H3,19,20,21);1H. The summed E-state index contributed by atoms with van der Waals surface area (Å²) < 4.78 is 40.7. The van der Waals surface area contributed by atoms with Crippen LogP contribution in [0.4, 0.5) is 11.4 Å². The number of nitrogens with one attached hydrogen (secondary N) is 2. The fraction of sp³-hybridized carbons (Fsp3) is 0.278. The number of guanidine groups is 1. The summed E-state index contributed by atoms with van der Waals surface area (Å²) in [6.45, 7) is 0.655. The zero-order valence-electron chi connectivity index (χ0n) is 16.3. The third kappa shape index (κ3) is 8.64. The van der Waals surface area contributed by atoms with Gasteiger partial charge in [0.15, 0.2) is 17.5 Å². The van der Waals surface area contributed by atoms with Gasteiger partial charge in [0.1, 0.15) is 12.4 Å². The van der Waals surface area contributed by atoms with E-state index in [2.05, 4.69) is 15.0 Å². The number of ether oxygens (including phenoxy) is 3. The van der Waals surface area contributed by atoms with Crippen LogP contribution in [0.3, 0.4) is 0 Å². The van der Waals surface area contributed by atoms with Crippen LogP contribution in [0.1, 0.15) is 0 Å². The van der Waals surface area contributed by atoms with E-state index in [1.54, 1.807) is 56.7 Å². The SMILES string of the molecule is COc1ccc(NC(N)=NCCOc2ccc(NS(C)(=O)=O)cc2)cc1OC.I. The number of rotatable bonds is 9. The van der Waals surface area contributed by atoms with Gasteiger partial charge in [-0.25, -0.2) is 13.4 Å². The van der Waals surface area contributed by atoms with Gasteiger partial charge >= 0.3 is 0 Å². The molecule has 0 atom stereocenters. The molecule has 0 aliphatic heterocycles. The maximum atomic E-state index is 11.2. The van der Waals surface area contributed by atoms with Crippen molar-refractivity contribution in [3.8, 4) is 17.2 Å². The van der Waals surface area contributed by atoms with E-state index in [9.17, 15) is 8.42 Å². The molecule has 0 aliphatic rings. The number of halogens is 1. The minimum atomic E-state index is -3.30. The highest BCUT2D eigenvalue weighted by molar-refractivity contribution is 14.0. The third-order valence-corrected chi connectivity index (χ3v) is 4.06. The monoisotopic (exact) mass is 536 g/mol. The van der Waals surface area contributed by atoms with Gasteiger partial charge in [0, 0.05) is 17.4 Å². The van der Waals surface area contributed by atoms with Crippen molar-refractivity contribution >= 4 is 51.3 Å². The Kier molecular flexibility index (Phi) is 9.81. The van der Waals surface area contributed by atoms with Crippen LogP contribution in [0.5, 0.6) is 17.2 Å². The molecule has 0 saturated heterocycles. The first-order chi connectivity index (χ1) is 13.3. The molecule has 29 heavy (non-hydrogen) atoms. The first kappa shape index (κ1) is 24.6. The Morgan fingerprint density at radius 1 is 1.03 bits per heavy atom. The minimum absolute atomic E-state index is 0. The van der Waals surface area contributed by atoms with Gasteiger partial charge in [-0.3, -0.25) is 4.72 Å². The highest BCUT2D eigenvalue weighted by Gasteiger charge is 2.05. The molecule has 0 radical (unpaired) electrons. The molecule has 2 aromatic carbocycles. The number of hydrogen-bond donors (Lipinski definition) is 3. The summed E-state index contributed by atoms with van der Waals surface area (Å²) in [6, 6.07) is 11.9. The summed E-state index contributed by atoms with van der Waals surface area (Å²) in [5, 5.41) is 2.97. The molecule has 0 amide bonds. The third-order valence-electron chi connectivity index (χ3n) is 3.46. The number of anilines is 2. The Hall–Kier alpha value is -2.41. The zero-order chi connectivity index (χ0) is 20.6. The summed E-state index contributed by atoms with van der Waals surface area (Å²) >= 11 is 0. The van der Waals surface area contributed by atoms with Crippen LogP contribution in [-0.4, -0.2) is 48.0 Å². The van der Waals surface area contributed by atoms with Crippen LogP contribution < -0.4 is 30.0 Å². The fourth-order valence-corrected chi connectivity index (χ4v) is 2.83. The quantitative estimate of drug-likeness (QED) is 0.195. The molecule has 0 unspecified atom stereocenters. The first-order valence-electron chi connectivity index (χ1n) is 8.30. The average molecular weight is 536 g/mol. The van der Waals surface area contributed by atoms with Crippen molar-refractivity contribution in [1.29, 1.82) is 0 Å². The molecular weight excluding hydrogens is 511 g/mol. The van der Waals surface area contributed by atoms with Crippen LogP contribution in [0, 0.1) is 0 Å². The van der Waals surface area contributed by atoms with E-state index < -0.39 is 10.0 Å². The summed E-state index contributed by atoms with van der Waals surface area (Å²) in [5.41, 5.74) is 7.06. The number of nitrogens with two attached hydrogens (primary N) is 1. The summed E-state index contributed by atoms with van der Waals surface area (Å²) in [7, 11) is -0.177. The lowest BCUT2D eigenvalue weighted by atomic mass is 10.3. The minimum Gasteiger partial charge on any atom is -0.493 e. The van der Waals surface area contributed by atoms with E-state index in [-0.39, 0.29) is 29.9 Å². The van der Waals surface area contributed by atoms with E-state index >= 15 is 0 Å². The summed E-state index contributed by atoms with van der Waals surface area (Å²) in [5.74, 6) is 2.04. The van der Waals surface area contributed by atoms with Gasteiger partial charge in [0.25, 0.3) is 0 Å². The molecule has 2 rings (SSSR count). The highest BCUT2D eigenvalue weighted by Crippen LogP contribution is 2.29. The lowest BCUT2D eigenvalue weighted by molar-refractivity contribution is 0.329. The fourth-order valence-electron chi connectivity index (χ4n) is 2.26. The highest BCUT2D eigenvalue weighted by atomic mass is 127. The Labute approximate surface area is 187 Å². The Morgan fingerprint density at radius 2 is 1.66 bits per heavy atom. The Balaban J connectivity index is 0.00000420. The Bertz CT molecular complexity index is 920. The second-order valence-corrected chi connectivity index (χ2v) is 7.46. The van der Waals surface area contributed by atoms with E-state index in [1.165, 1.54) is 0 Å². The van der Waals surface area contributed by atoms with Gasteiger partial charge in [-0.15, -0.1) is 24.0 Å². The van der Waals surface area contributed by atoms with Gasteiger partial charge in [-0.1, -0.05) is 0 Å². The molecule has 160 valence electrons. The number of nitrogens with zero attached hydrogens (tertiary/aromatic N) is 1. The van der Waals surface area contributed by atoms with Crippen molar-refractivity contribution < 1.29 is 22.6 Å². The maximum absolute atomic E-state index is 11.2. The van der Waals surface area contributed by atoms with E-state index in [4.69, 9.17) is 19.9 Å².